The average molecular weight is 383 g/mol. The predicted octanol–water partition coefficient (Wildman–Crippen LogP) is 4.30. The van der Waals surface area contributed by atoms with Crippen LogP contribution in [0.15, 0.2) is 23.4 Å². The van der Waals surface area contributed by atoms with Crippen LogP contribution in [0, 0.1) is 20.8 Å². The number of amides is 1. The molecule has 5 nitrogen and oxygen atoms in total. The van der Waals surface area contributed by atoms with E-state index in [1.54, 1.807) is 0 Å². The molecule has 1 aliphatic rings. The first-order valence-electron chi connectivity index (χ1n) is 9.64. The van der Waals surface area contributed by atoms with E-state index in [1.807, 2.05) is 4.90 Å². The number of nitrogens with zero attached hydrogens (tertiary/aromatic N) is 4. The van der Waals surface area contributed by atoms with Crippen LogP contribution in [-0.4, -0.2) is 43.7 Å². The van der Waals surface area contributed by atoms with Gasteiger partial charge in [-0.2, -0.15) is 0 Å². The fraction of sp³-hybridized carbons (Fsp3) is 0.476. The van der Waals surface area contributed by atoms with Crippen molar-refractivity contribution in [3.8, 4) is 0 Å². The first-order valence-corrected chi connectivity index (χ1v) is 10.6. The summed E-state index contributed by atoms with van der Waals surface area (Å²) in [6.07, 6.45) is 3.43. The molecule has 6 heteroatoms. The van der Waals surface area contributed by atoms with Crippen molar-refractivity contribution in [2.24, 2.45) is 0 Å². The number of benzene rings is 1. The summed E-state index contributed by atoms with van der Waals surface area (Å²) in [7, 11) is 0. The number of piperidine rings is 1. The van der Waals surface area contributed by atoms with E-state index in [4.69, 9.17) is 0 Å². The molecule has 0 aliphatic carbocycles. The van der Waals surface area contributed by atoms with Crippen molar-refractivity contribution in [1.82, 2.24) is 19.5 Å². The lowest BCUT2D eigenvalue weighted by atomic mass is 10.0. The minimum absolute atomic E-state index is 0.203. The zero-order chi connectivity index (χ0) is 19.1. The average Bonchev–Trinajstić information content (AvgIpc) is 3.08. The van der Waals surface area contributed by atoms with Crippen LogP contribution in [0.5, 0.6) is 0 Å². The predicted molar refractivity (Wildman–Crippen MR) is 110 cm³/mol. The second-order valence-electron chi connectivity index (χ2n) is 7.65. The summed E-state index contributed by atoms with van der Waals surface area (Å²) >= 11 is 1.50. The summed E-state index contributed by atoms with van der Waals surface area (Å²) in [6.45, 7) is 9.34. The summed E-state index contributed by atoms with van der Waals surface area (Å²) < 4.78 is 2.13. The van der Waals surface area contributed by atoms with Crippen LogP contribution in [-0.2, 0) is 4.79 Å². The summed E-state index contributed by atoms with van der Waals surface area (Å²) in [5, 5.41) is 10.8. The summed E-state index contributed by atoms with van der Waals surface area (Å²) in [5.74, 6) is 0.611. The maximum Gasteiger partial charge on any atom is 0.233 e. The Labute approximate surface area is 164 Å². The zero-order valence-electron chi connectivity index (χ0n) is 16.5. The Morgan fingerprint density at radius 3 is 2.70 bits per heavy atom. The molecule has 3 heterocycles. The van der Waals surface area contributed by atoms with Gasteiger partial charge in [0.2, 0.25) is 5.91 Å². The number of hydrogen-bond acceptors (Lipinski definition) is 4. The quantitative estimate of drug-likeness (QED) is 0.634. The van der Waals surface area contributed by atoms with Gasteiger partial charge in [-0.25, -0.2) is 0 Å². The Bertz CT molecular complexity index is 1030. The number of rotatable bonds is 3. The molecule has 1 atom stereocenters. The Kier molecular flexibility index (Phi) is 4.84. The van der Waals surface area contributed by atoms with Gasteiger partial charge in [0.25, 0.3) is 0 Å². The van der Waals surface area contributed by atoms with Crippen molar-refractivity contribution in [2.75, 3.05) is 12.3 Å². The molecule has 2 aromatic heterocycles. The molecule has 0 spiro atoms. The standard InChI is InChI=1S/C21H26N4OS/c1-13-8-9-14(2)19-17(13)11-15(3)20-22-23-21(25(19)20)27-12-18(26)24-10-6-5-7-16(24)4/h8-9,11,16H,5-7,10,12H2,1-4H3/t16-/m0/s1. The monoisotopic (exact) mass is 382 g/mol. The first kappa shape index (κ1) is 18.3. The van der Waals surface area contributed by atoms with E-state index in [2.05, 4.69) is 60.5 Å². The largest absolute Gasteiger partial charge is 0.339 e. The molecule has 1 amide bonds. The van der Waals surface area contributed by atoms with Crippen molar-refractivity contribution < 1.29 is 4.79 Å². The van der Waals surface area contributed by atoms with E-state index in [0.29, 0.717) is 11.8 Å². The number of carbonyl (C=O) groups excluding carboxylic acids is 1. The molecule has 1 fully saturated rings. The van der Waals surface area contributed by atoms with Gasteiger partial charge in [0, 0.05) is 18.0 Å². The molecule has 0 unspecified atom stereocenters. The molecule has 1 saturated heterocycles. The molecule has 1 aromatic carbocycles. The molecule has 0 N–H and O–H groups in total. The summed E-state index contributed by atoms with van der Waals surface area (Å²) in [6, 6.07) is 6.83. The van der Waals surface area contributed by atoms with Crippen molar-refractivity contribution in [1.29, 1.82) is 0 Å². The third-order valence-corrected chi connectivity index (χ3v) is 6.57. The van der Waals surface area contributed by atoms with E-state index in [9.17, 15) is 4.79 Å². The lowest BCUT2D eigenvalue weighted by Crippen LogP contribution is -2.42. The van der Waals surface area contributed by atoms with Crippen molar-refractivity contribution in [3.63, 3.8) is 0 Å². The molecule has 4 rings (SSSR count). The lowest BCUT2D eigenvalue weighted by Gasteiger charge is -2.33. The number of likely N-dealkylation sites (tertiary alicyclic amines) is 1. The minimum atomic E-state index is 0.203. The number of thioether (sulfide) groups is 1. The van der Waals surface area contributed by atoms with Crippen LogP contribution < -0.4 is 0 Å². The SMILES string of the molecule is Cc1ccc(C)c2c1cc(C)c1nnc(SCC(=O)N3CCCC[C@@H]3C)n12. The first-order chi connectivity index (χ1) is 13.0. The molecular weight excluding hydrogens is 356 g/mol. The van der Waals surface area contributed by atoms with Crippen LogP contribution in [0.1, 0.15) is 42.9 Å². The Hall–Kier alpha value is -2.08. The Morgan fingerprint density at radius 2 is 1.93 bits per heavy atom. The second kappa shape index (κ2) is 7.15. The molecular formula is C21H26N4OS. The number of pyridine rings is 1. The summed E-state index contributed by atoms with van der Waals surface area (Å²) in [5.41, 5.74) is 5.55. The van der Waals surface area contributed by atoms with Crippen LogP contribution in [0.2, 0.25) is 0 Å². The van der Waals surface area contributed by atoms with Gasteiger partial charge in [0.1, 0.15) is 0 Å². The van der Waals surface area contributed by atoms with Gasteiger partial charge in [0.05, 0.1) is 11.3 Å². The maximum absolute atomic E-state index is 12.7. The third kappa shape index (κ3) is 3.20. The Balaban J connectivity index is 1.70. The van der Waals surface area contributed by atoms with E-state index in [1.165, 1.54) is 34.7 Å². The van der Waals surface area contributed by atoms with Gasteiger partial charge < -0.3 is 4.90 Å². The van der Waals surface area contributed by atoms with Crippen molar-refractivity contribution >= 4 is 34.2 Å². The molecule has 0 bridgehead atoms. The zero-order valence-corrected chi connectivity index (χ0v) is 17.3. The van der Waals surface area contributed by atoms with E-state index < -0.39 is 0 Å². The maximum atomic E-state index is 12.7. The van der Waals surface area contributed by atoms with Gasteiger partial charge in [-0.3, -0.25) is 9.20 Å². The van der Waals surface area contributed by atoms with Crippen LogP contribution in [0.25, 0.3) is 16.6 Å². The lowest BCUT2D eigenvalue weighted by molar-refractivity contribution is -0.131. The van der Waals surface area contributed by atoms with E-state index >= 15 is 0 Å². The van der Waals surface area contributed by atoms with E-state index in [-0.39, 0.29) is 5.91 Å². The Morgan fingerprint density at radius 1 is 1.15 bits per heavy atom. The normalized spacial score (nSPS) is 17.8. The van der Waals surface area contributed by atoms with Crippen LogP contribution in [0.4, 0.5) is 0 Å². The topological polar surface area (TPSA) is 50.5 Å². The fourth-order valence-corrected chi connectivity index (χ4v) is 4.90. The second-order valence-corrected chi connectivity index (χ2v) is 8.59. The summed E-state index contributed by atoms with van der Waals surface area (Å²) in [4.78, 5) is 14.8. The molecule has 0 radical (unpaired) electrons. The highest BCUT2D eigenvalue weighted by Crippen LogP contribution is 2.30. The number of aryl methyl sites for hydroxylation is 3. The molecule has 1 aliphatic heterocycles. The highest BCUT2D eigenvalue weighted by atomic mass is 32.2. The smallest absolute Gasteiger partial charge is 0.233 e. The van der Waals surface area contributed by atoms with Gasteiger partial charge in [-0.05, 0) is 69.7 Å². The van der Waals surface area contributed by atoms with E-state index in [0.717, 1.165) is 41.3 Å². The van der Waals surface area contributed by atoms with Crippen LogP contribution >= 0.6 is 11.8 Å². The number of hydrogen-bond donors (Lipinski definition) is 0. The van der Waals surface area contributed by atoms with Gasteiger partial charge in [0.15, 0.2) is 10.8 Å². The minimum Gasteiger partial charge on any atom is -0.339 e. The van der Waals surface area contributed by atoms with Crippen molar-refractivity contribution in [2.45, 2.75) is 58.2 Å². The van der Waals surface area contributed by atoms with Gasteiger partial charge in [-0.15, -0.1) is 10.2 Å². The number of aromatic nitrogens is 3. The number of carbonyl (C=O) groups is 1. The highest BCUT2D eigenvalue weighted by Gasteiger charge is 2.24. The molecule has 0 saturated carbocycles. The van der Waals surface area contributed by atoms with Gasteiger partial charge >= 0.3 is 0 Å². The highest BCUT2D eigenvalue weighted by molar-refractivity contribution is 7.99. The number of fused-ring (bicyclic) bond motifs is 3. The van der Waals surface area contributed by atoms with Gasteiger partial charge in [-0.1, -0.05) is 23.9 Å². The third-order valence-electron chi connectivity index (χ3n) is 5.66. The molecule has 27 heavy (non-hydrogen) atoms. The molecule has 142 valence electrons. The fourth-order valence-electron chi connectivity index (χ4n) is 4.08. The molecule has 3 aromatic rings. The van der Waals surface area contributed by atoms with Crippen molar-refractivity contribution in [3.05, 3.63) is 34.9 Å². The van der Waals surface area contributed by atoms with Crippen LogP contribution in [0.3, 0.4) is 0 Å².